The van der Waals surface area contributed by atoms with Gasteiger partial charge in [-0.2, -0.15) is 4.99 Å². The second-order valence-corrected chi connectivity index (χ2v) is 14.9. The lowest BCUT2D eigenvalue weighted by Gasteiger charge is -2.24. The molecule has 14 heteroatoms. The number of H-pyrrole nitrogens is 1. The first kappa shape index (κ1) is 41.6. The van der Waals surface area contributed by atoms with E-state index in [2.05, 4.69) is 65.7 Å². The second-order valence-electron chi connectivity index (χ2n) is 14.9. The van der Waals surface area contributed by atoms with Gasteiger partial charge in [0.25, 0.3) is 5.91 Å². The zero-order chi connectivity index (χ0) is 40.4. The lowest BCUT2D eigenvalue weighted by Crippen LogP contribution is -2.46. The Morgan fingerprint density at radius 3 is 2.52 bits per heavy atom. The van der Waals surface area contributed by atoms with Crippen LogP contribution in [0.5, 0.6) is 0 Å². The summed E-state index contributed by atoms with van der Waals surface area (Å²) in [6, 6.07) is 7.01. The number of likely N-dealkylation sites (tertiary alicyclic amines) is 1. The summed E-state index contributed by atoms with van der Waals surface area (Å²) in [7, 11) is 4.44. The Morgan fingerprint density at radius 1 is 1.07 bits per heavy atom. The number of aromatic amines is 1. The van der Waals surface area contributed by atoms with Crippen molar-refractivity contribution < 1.29 is 28.7 Å². The molecule has 0 saturated carbocycles. The third-order valence-electron chi connectivity index (χ3n) is 10.2. The van der Waals surface area contributed by atoms with Crippen LogP contribution in [-0.2, 0) is 19.1 Å². The van der Waals surface area contributed by atoms with Gasteiger partial charge in [-0.3, -0.25) is 14.6 Å². The predicted molar refractivity (Wildman–Crippen MR) is 215 cm³/mol. The van der Waals surface area contributed by atoms with E-state index in [1.165, 1.54) is 14.2 Å². The maximum absolute atomic E-state index is 13.5. The fraction of sp³-hybridized carbons (Fsp3) is 0.500. The van der Waals surface area contributed by atoms with Crippen molar-refractivity contribution in [3.05, 3.63) is 71.3 Å². The maximum Gasteiger partial charge on any atom is 0.433 e. The Hall–Kier alpha value is -5.55. The van der Waals surface area contributed by atoms with Gasteiger partial charge < -0.3 is 35.3 Å². The fourth-order valence-electron chi connectivity index (χ4n) is 7.20. The van der Waals surface area contributed by atoms with Crippen LogP contribution < -0.4 is 16.0 Å². The number of aliphatic imine (C=N–C) groups is 2. The van der Waals surface area contributed by atoms with Crippen molar-refractivity contribution in [2.75, 3.05) is 34.4 Å². The van der Waals surface area contributed by atoms with Crippen molar-refractivity contribution in [3.8, 4) is 11.8 Å². The molecule has 2 aliphatic heterocycles. The molecule has 1 aliphatic carbocycles. The minimum atomic E-state index is -0.795. The SMILES string of the molecule is CNCCCC(CC(=O)C(NC(=O)OC)C(C)C)C1=NC2C=CC(c3ccc(C#Cc4cnc(C5CCCN5C(=O)C(=NC(=O)OC)C(C)C)[nH]4)cc3)=CC2N1. The Balaban J connectivity index is 1.23. The van der Waals surface area contributed by atoms with Crippen molar-refractivity contribution in [1.29, 1.82) is 0 Å². The van der Waals surface area contributed by atoms with Crippen molar-refractivity contribution in [3.63, 3.8) is 0 Å². The number of allylic oxidation sites excluding steroid dienone is 2. The van der Waals surface area contributed by atoms with E-state index in [9.17, 15) is 19.2 Å². The van der Waals surface area contributed by atoms with Crippen LogP contribution in [0.1, 0.15) is 88.5 Å². The Labute approximate surface area is 329 Å². The zero-order valence-electron chi connectivity index (χ0n) is 33.3. The molecule has 5 atom stereocenters. The highest BCUT2D eigenvalue weighted by Gasteiger charge is 2.36. The highest BCUT2D eigenvalue weighted by Crippen LogP contribution is 2.31. The average Bonchev–Trinajstić information content (AvgIpc) is 3.97. The van der Waals surface area contributed by atoms with Crippen LogP contribution in [0.3, 0.4) is 0 Å². The molecule has 5 unspecified atom stereocenters. The number of aromatic nitrogens is 2. The summed E-state index contributed by atoms with van der Waals surface area (Å²) in [5, 5.41) is 9.50. The van der Waals surface area contributed by atoms with E-state index in [4.69, 9.17) is 9.73 Å². The molecular formula is C42H54N8O6. The van der Waals surface area contributed by atoms with Crippen LogP contribution >= 0.6 is 0 Å². The molecule has 1 fully saturated rings. The van der Waals surface area contributed by atoms with Gasteiger partial charge in [0, 0.05) is 30.4 Å². The number of carbonyl (C=O) groups excluding carboxylic acids is 4. The number of amidine groups is 1. The van der Waals surface area contributed by atoms with Gasteiger partial charge in [0.15, 0.2) is 5.78 Å². The van der Waals surface area contributed by atoms with Crippen LogP contribution in [0.2, 0.25) is 0 Å². The van der Waals surface area contributed by atoms with Crippen LogP contribution in [0.25, 0.3) is 5.57 Å². The molecule has 1 aromatic carbocycles. The number of fused-ring (bicyclic) bond motifs is 1. The number of alkyl carbamates (subject to hydrolysis) is 1. The van der Waals surface area contributed by atoms with Gasteiger partial charge in [-0.05, 0) is 74.4 Å². The molecule has 14 nitrogen and oxygen atoms in total. The lowest BCUT2D eigenvalue weighted by atomic mass is 9.89. The second kappa shape index (κ2) is 19.4. The standard InChI is InChI=1S/C42H54N8O6/c1-25(2)36(48-41(53)55-6)35(51)23-30(10-8-20-43-5)38-46-32-19-17-29(22-33(32)47-38)28-15-12-27(13-16-28)14-18-31-24-44-39(45-31)34-11-9-21-50(34)40(52)37(26(3)4)49-42(54)56-7/h12-13,15-17,19,22,24-26,30,32-34,36,43H,8-11,20-21,23H2,1-7H3,(H,44,45)(H,46,47)(H,48,53). The molecule has 0 bridgehead atoms. The first-order valence-electron chi connectivity index (χ1n) is 19.3. The van der Waals surface area contributed by atoms with Gasteiger partial charge in [-0.15, -0.1) is 0 Å². The van der Waals surface area contributed by atoms with E-state index in [0.29, 0.717) is 18.1 Å². The molecule has 4 N–H and O–H groups in total. The Kier molecular flexibility index (Phi) is 14.4. The number of carbonyl (C=O) groups is 4. The summed E-state index contributed by atoms with van der Waals surface area (Å²) >= 11 is 0. The first-order chi connectivity index (χ1) is 26.9. The highest BCUT2D eigenvalue weighted by atomic mass is 16.5. The van der Waals surface area contributed by atoms with E-state index in [-0.39, 0.29) is 59.7 Å². The van der Waals surface area contributed by atoms with Crippen LogP contribution in [0, 0.1) is 29.6 Å². The van der Waals surface area contributed by atoms with Gasteiger partial charge in [0.2, 0.25) is 0 Å². The topological polar surface area (TPSA) is 179 Å². The molecule has 1 aromatic heterocycles. The number of imidazole rings is 1. The minimum absolute atomic E-state index is 0.0428. The summed E-state index contributed by atoms with van der Waals surface area (Å²) < 4.78 is 9.43. The fourth-order valence-corrected chi connectivity index (χ4v) is 7.20. The highest BCUT2D eigenvalue weighted by molar-refractivity contribution is 6.40. The maximum atomic E-state index is 13.5. The molecule has 0 spiro atoms. The number of nitrogens with one attached hydrogen (secondary N) is 4. The van der Waals surface area contributed by atoms with Crippen LogP contribution in [0.15, 0.2) is 58.7 Å². The number of ether oxygens (including phenoxy) is 2. The van der Waals surface area contributed by atoms with Crippen molar-refractivity contribution >= 4 is 41.0 Å². The number of hydrogen-bond acceptors (Lipinski definition) is 10. The van der Waals surface area contributed by atoms with E-state index in [1.807, 2.05) is 59.0 Å². The summed E-state index contributed by atoms with van der Waals surface area (Å²) in [6.07, 6.45) is 10.1. The molecule has 56 heavy (non-hydrogen) atoms. The number of amides is 3. The molecule has 1 saturated heterocycles. The molecule has 0 radical (unpaired) electrons. The van der Waals surface area contributed by atoms with Gasteiger partial charge >= 0.3 is 12.2 Å². The number of methoxy groups -OCH3 is 2. The minimum Gasteiger partial charge on any atom is -0.453 e. The van der Waals surface area contributed by atoms with Crippen molar-refractivity contribution in [2.24, 2.45) is 27.7 Å². The number of benzene rings is 1. The summed E-state index contributed by atoms with van der Waals surface area (Å²) in [4.78, 5) is 69.1. The van der Waals surface area contributed by atoms with E-state index >= 15 is 0 Å². The number of hydrogen-bond donors (Lipinski definition) is 4. The number of rotatable bonds is 14. The largest absolute Gasteiger partial charge is 0.453 e. The third kappa shape index (κ3) is 10.4. The molecule has 3 heterocycles. The number of ketones is 1. The van der Waals surface area contributed by atoms with E-state index < -0.39 is 18.2 Å². The van der Waals surface area contributed by atoms with Gasteiger partial charge in [-0.1, -0.05) is 64.0 Å². The Bertz CT molecular complexity index is 1930. The predicted octanol–water partition coefficient (Wildman–Crippen LogP) is 4.98. The van der Waals surface area contributed by atoms with Crippen molar-refractivity contribution in [1.82, 2.24) is 30.8 Å². The number of nitrogens with zero attached hydrogens (tertiary/aromatic N) is 4. The molecule has 2 aromatic rings. The van der Waals surface area contributed by atoms with Crippen LogP contribution in [-0.4, -0.2) is 103 Å². The first-order valence-corrected chi connectivity index (χ1v) is 19.3. The quantitative estimate of drug-likeness (QED) is 0.117. The normalized spacial score (nSPS) is 20.0. The summed E-state index contributed by atoms with van der Waals surface area (Å²) in [6.45, 7) is 8.82. The third-order valence-corrected chi connectivity index (χ3v) is 10.2. The molecule has 298 valence electrons. The van der Waals surface area contributed by atoms with Gasteiger partial charge in [0.1, 0.15) is 23.1 Å². The van der Waals surface area contributed by atoms with E-state index in [1.54, 1.807) is 11.1 Å². The molecular weight excluding hydrogens is 713 g/mol. The Morgan fingerprint density at radius 2 is 1.84 bits per heavy atom. The van der Waals surface area contributed by atoms with E-state index in [0.717, 1.165) is 54.8 Å². The van der Waals surface area contributed by atoms with Crippen molar-refractivity contribution in [2.45, 2.75) is 84.0 Å². The van der Waals surface area contributed by atoms with Gasteiger partial charge in [-0.25, -0.2) is 14.6 Å². The van der Waals surface area contributed by atoms with Crippen LogP contribution in [0.4, 0.5) is 9.59 Å². The summed E-state index contributed by atoms with van der Waals surface area (Å²) in [5.41, 5.74) is 3.73. The molecule has 3 aliphatic rings. The monoisotopic (exact) mass is 766 g/mol. The lowest BCUT2D eigenvalue weighted by molar-refractivity contribution is -0.125. The molecule has 5 rings (SSSR count). The summed E-state index contributed by atoms with van der Waals surface area (Å²) in [5.74, 6) is 7.04. The molecule has 3 amide bonds. The average molecular weight is 767 g/mol. The van der Waals surface area contributed by atoms with Gasteiger partial charge in [0.05, 0.1) is 44.6 Å². The smallest absolute Gasteiger partial charge is 0.433 e. The zero-order valence-corrected chi connectivity index (χ0v) is 33.3. The number of Topliss-reactive ketones (excluding diaryl/α,β-unsaturated/α-hetero) is 1.